The number of carboxylic acid groups (broad SMARTS) is 1. The van der Waals surface area contributed by atoms with Gasteiger partial charge < -0.3 is 10.4 Å². The molecule has 1 fully saturated rings. The van der Waals surface area contributed by atoms with Crippen LogP contribution >= 0.6 is 0 Å². The number of carboxylic acids is 1. The van der Waals surface area contributed by atoms with Gasteiger partial charge in [-0.25, -0.2) is 4.98 Å². The summed E-state index contributed by atoms with van der Waals surface area (Å²) in [4.78, 5) is 30.3. The van der Waals surface area contributed by atoms with Crippen LogP contribution in [0.15, 0.2) is 0 Å². The van der Waals surface area contributed by atoms with Crippen molar-refractivity contribution in [1.82, 2.24) is 35.3 Å². The molecule has 1 saturated carbocycles. The van der Waals surface area contributed by atoms with Gasteiger partial charge in [0.2, 0.25) is 11.6 Å². The number of hydrogen-bond donors (Lipinski definition) is 3. The predicted octanol–water partition coefficient (Wildman–Crippen LogP) is 0.696. The molecule has 1 aliphatic carbocycles. The normalized spacial score (nSPS) is 20.3. The van der Waals surface area contributed by atoms with Gasteiger partial charge in [0, 0.05) is 6.04 Å². The third-order valence-corrected chi connectivity index (χ3v) is 4.02. The second-order valence-electron chi connectivity index (χ2n) is 5.89. The third-order valence-electron chi connectivity index (χ3n) is 4.02. The van der Waals surface area contributed by atoms with Crippen molar-refractivity contribution in [2.45, 2.75) is 38.4 Å². The Morgan fingerprint density at radius 1 is 1.31 bits per heavy atom. The maximum atomic E-state index is 12.6. The summed E-state index contributed by atoms with van der Waals surface area (Å²) >= 11 is 0. The lowest BCUT2D eigenvalue weighted by Gasteiger charge is -2.10. The van der Waals surface area contributed by atoms with Crippen LogP contribution in [0.2, 0.25) is 0 Å². The van der Waals surface area contributed by atoms with E-state index in [0.717, 1.165) is 4.68 Å². The van der Waals surface area contributed by atoms with E-state index >= 15 is 0 Å². The summed E-state index contributed by atoms with van der Waals surface area (Å²) in [5.74, 6) is -3.90. The lowest BCUT2D eigenvalue weighted by atomic mass is 10.1. The smallest absolute Gasteiger partial charge is 0.451 e. The van der Waals surface area contributed by atoms with Gasteiger partial charge in [-0.3, -0.25) is 14.7 Å². The van der Waals surface area contributed by atoms with E-state index in [-0.39, 0.29) is 17.7 Å². The number of H-pyrrole nitrogens is 1. The zero-order valence-electron chi connectivity index (χ0n) is 13.4. The molecule has 0 aromatic carbocycles. The number of aryl methyl sites for hydroxylation is 1. The van der Waals surface area contributed by atoms with E-state index < -0.39 is 35.7 Å². The number of hydrogen-bond acceptors (Lipinski definition) is 6. The molecule has 1 amide bonds. The van der Waals surface area contributed by atoms with Crippen LogP contribution in [0.5, 0.6) is 0 Å². The molecular weight excluding hydrogens is 359 g/mol. The van der Waals surface area contributed by atoms with E-state index in [1.807, 2.05) is 0 Å². The van der Waals surface area contributed by atoms with Crippen molar-refractivity contribution >= 4 is 11.9 Å². The van der Waals surface area contributed by atoms with Crippen molar-refractivity contribution in [1.29, 1.82) is 0 Å². The molecule has 3 rings (SSSR count). The fraction of sp³-hybridized carbons (Fsp3) is 0.538. The summed E-state index contributed by atoms with van der Waals surface area (Å²) in [5, 5.41) is 20.6. The van der Waals surface area contributed by atoms with Crippen molar-refractivity contribution in [3.05, 3.63) is 17.5 Å². The highest BCUT2D eigenvalue weighted by Gasteiger charge is 2.36. The molecule has 0 bridgehead atoms. The second kappa shape index (κ2) is 6.38. The number of carbonyl (C=O) groups excluding carboxylic acids is 1. The molecule has 0 saturated heterocycles. The zero-order chi connectivity index (χ0) is 19.1. The van der Waals surface area contributed by atoms with Crippen molar-refractivity contribution < 1.29 is 27.9 Å². The molecule has 2 atom stereocenters. The summed E-state index contributed by atoms with van der Waals surface area (Å²) < 4.78 is 38.7. The summed E-state index contributed by atoms with van der Waals surface area (Å²) in [5.41, 5.74) is 0. The molecule has 0 aliphatic heterocycles. The average molecular weight is 373 g/mol. The molecule has 10 nitrogen and oxygen atoms in total. The predicted molar refractivity (Wildman–Crippen MR) is 77.3 cm³/mol. The minimum Gasteiger partial charge on any atom is -0.481 e. The van der Waals surface area contributed by atoms with Crippen LogP contribution in [-0.4, -0.2) is 53.0 Å². The Balaban J connectivity index is 1.73. The Morgan fingerprint density at radius 3 is 2.62 bits per heavy atom. The fourth-order valence-corrected chi connectivity index (χ4v) is 2.74. The molecule has 140 valence electrons. The standard InChI is InChI=1S/C13H14F3N7O3/c1-5-17-8(9(24)18-7-3-2-6(4-7)10(25)26)22-23(5)12-19-11(20-21-12)13(14,15)16/h6-7H,2-4H2,1H3,(H,18,24)(H,25,26)(H,19,20,21)/t6-,7+/m0/s1. The Morgan fingerprint density at radius 2 is 2.04 bits per heavy atom. The van der Waals surface area contributed by atoms with E-state index in [9.17, 15) is 22.8 Å². The van der Waals surface area contributed by atoms with E-state index in [1.54, 1.807) is 5.10 Å². The first-order valence-electron chi connectivity index (χ1n) is 7.62. The largest absolute Gasteiger partial charge is 0.481 e. The topological polar surface area (TPSA) is 139 Å². The van der Waals surface area contributed by atoms with Crippen LogP contribution in [0.4, 0.5) is 13.2 Å². The number of nitrogens with one attached hydrogen (secondary N) is 2. The number of alkyl halides is 3. The van der Waals surface area contributed by atoms with Gasteiger partial charge in [-0.15, -0.1) is 10.2 Å². The molecule has 3 N–H and O–H groups in total. The number of amides is 1. The Hall–Kier alpha value is -2.99. The van der Waals surface area contributed by atoms with Gasteiger partial charge in [-0.1, -0.05) is 0 Å². The molecule has 2 aromatic rings. The molecule has 26 heavy (non-hydrogen) atoms. The highest BCUT2D eigenvalue weighted by atomic mass is 19.4. The number of halogens is 3. The Labute approximate surface area is 143 Å². The quantitative estimate of drug-likeness (QED) is 0.717. The van der Waals surface area contributed by atoms with E-state index in [1.165, 1.54) is 6.92 Å². The van der Waals surface area contributed by atoms with Crippen LogP contribution in [0.25, 0.3) is 5.95 Å². The first-order valence-corrected chi connectivity index (χ1v) is 7.62. The minimum absolute atomic E-state index is 0.123. The number of aromatic amines is 1. The van der Waals surface area contributed by atoms with Crippen molar-refractivity contribution in [2.24, 2.45) is 5.92 Å². The monoisotopic (exact) mass is 373 g/mol. The van der Waals surface area contributed by atoms with Crippen molar-refractivity contribution in [3.8, 4) is 5.95 Å². The molecule has 2 heterocycles. The van der Waals surface area contributed by atoms with Gasteiger partial charge >= 0.3 is 12.1 Å². The number of nitrogens with zero attached hydrogens (tertiary/aromatic N) is 5. The summed E-state index contributed by atoms with van der Waals surface area (Å²) in [6.45, 7) is 1.43. The Kier molecular flexibility index (Phi) is 4.38. The SMILES string of the molecule is Cc1nc(C(=O)N[C@@H]2CC[C@H](C(=O)O)C2)nn1-c1n[nH]c(C(F)(F)F)n1. The first-order chi connectivity index (χ1) is 12.1. The highest BCUT2D eigenvalue weighted by Crippen LogP contribution is 2.27. The van der Waals surface area contributed by atoms with E-state index in [0.29, 0.717) is 19.3 Å². The maximum absolute atomic E-state index is 12.6. The summed E-state index contributed by atoms with van der Waals surface area (Å²) in [7, 11) is 0. The van der Waals surface area contributed by atoms with Gasteiger partial charge in [0.15, 0.2) is 0 Å². The Bertz CT molecular complexity index is 844. The molecule has 0 spiro atoms. The lowest BCUT2D eigenvalue weighted by molar-refractivity contribution is -0.144. The molecule has 0 radical (unpaired) electrons. The highest BCUT2D eigenvalue weighted by molar-refractivity contribution is 5.90. The van der Waals surface area contributed by atoms with E-state index in [4.69, 9.17) is 5.11 Å². The molecule has 2 aromatic heterocycles. The first kappa shape index (κ1) is 17.8. The van der Waals surface area contributed by atoms with Crippen molar-refractivity contribution in [3.63, 3.8) is 0 Å². The maximum Gasteiger partial charge on any atom is 0.451 e. The second-order valence-corrected chi connectivity index (χ2v) is 5.89. The summed E-state index contributed by atoms with van der Waals surface area (Å²) in [6, 6.07) is -0.323. The van der Waals surface area contributed by atoms with Crippen LogP contribution in [0, 0.1) is 12.8 Å². The third kappa shape index (κ3) is 3.50. The zero-order valence-corrected chi connectivity index (χ0v) is 13.4. The lowest BCUT2D eigenvalue weighted by Crippen LogP contribution is -2.34. The van der Waals surface area contributed by atoms with E-state index in [2.05, 4.69) is 25.5 Å². The van der Waals surface area contributed by atoms with Crippen LogP contribution < -0.4 is 5.32 Å². The van der Waals surface area contributed by atoms with Crippen LogP contribution in [0.3, 0.4) is 0 Å². The van der Waals surface area contributed by atoms with Crippen molar-refractivity contribution in [2.75, 3.05) is 0 Å². The van der Waals surface area contributed by atoms with Gasteiger partial charge in [-0.2, -0.15) is 22.8 Å². The molecule has 13 heteroatoms. The number of aliphatic carboxylic acids is 1. The van der Waals surface area contributed by atoms with Crippen LogP contribution in [0.1, 0.15) is 41.5 Å². The van der Waals surface area contributed by atoms with Gasteiger partial charge in [0.25, 0.3) is 11.9 Å². The fourth-order valence-electron chi connectivity index (χ4n) is 2.74. The molecular formula is C13H14F3N7O3. The summed E-state index contributed by atoms with van der Waals surface area (Å²) in [6.07, 6.45) is -3.42. The van der Waals surface area contributed by atoms with Crippen LogP contribution in [-0.2, 0) is 11.0 Å². The number of aromatic nitrogens is 6. The number of carbonyl (C=O) groups is 2. The number of rotatable bonds is 4. The molecule has 0 unspecified atom stereocenters. The average Bonchev–Trinajstić information content (AvgIpc) is 3.24. The molecule has 1 aliphatic rings. The van der Waals surface area contributed by atoms with Gasteiger partial charge in [-0.05, 0) is 26.2 Å². The minimum atomic E-state index is -4.69. The van der Waals surface area contributed by atoms with Gasteiger partial charge in [0.05, 0.1) is 5.92 Å². The van der Waals surface area contributed by atoms with Gasteiger partial charge in [0.1, 0.15) is 5.82 Å².